The Labute approximate surface area is 152 Å². The molecule has 0 spiro atoms. The smallest absolute Gasteiger partial charge is 0.191 e. The third-order valence-corrected chi connectivity index (χ3v) is 4.28. The van der Waals surface area contributed by atoms with E-state index in [1.807, 2.05) is 19.1 Å². The average Bonchev–Trinajstić information content (AvgIpc) is 2.59. The van der Waals surface area contributed by atoms with Crippen molar-refractivity contribution in [1.82, 2.24) is 10.6 Å². The number of nitrogens with zero attached hydrogens (tertiary/aromatic N) is 1. The van der Waals surface area contributed by atoms with Gasteiger partial charge in [-0.15, -0.1) is 0 Å². The van der Waals surface area contributed by atoms with Crippen LogP contribution in [-0.2, 0) is 11.3 Å². The summed E-state index contributed by atoms with van der Waals surface area (Å²) in [5.74, 6) is 1.83. The van der Waals surface area contributed by atoms with Crippen molar-refractivity contribution in [3.8, 4) is 5.75 Å². The summed E-state index contributed by atoms with van der Waals surface area (Å²) in [6.07, 6.45) is 6.15. The molecule has 0 radical (unpaired) electrons. The number of hydrogen-bond acceptors (Lipinski definition) is 3. The molecular weight excluding hydrogens is 314 g/mol. The van der Waals surface area contributed by atoms with Gasteiger partial charge >= 0.3 is 0 Å². The van der Waals surface area contributed by atoms with Gasteiger partial charge in [-0.05, 0) is 52.0 Å². The van der Waals surface area contributed by atoms with Crippen LogP contribution in [0.1, 0.15) is 51.5 Å². The first-order valence-electron chi connectivity index (χ1n) is 9.68. The third kappa shape index (κ3) is 7.34. The van der Waals surface area contributed by atoms with Crippen LogP contribution in [0.5, 0.6) is 5.75 Å². The minimum absolute atomic E-state index is 0.391. The predicted octanol–water partition coefficient (Wildman–Crippen LogP) is 3.49. The van der Waals surface area contributed by atoms with Crippen LogP contribution in [0.25, 0.3) is 0 Å². The molecule has 0 atom stereocenters. The van der Waals surface area contributed by atoms with Crippen LogP contribution in [0.15, 0.2) is 29.3 Å². The van der Waals surface area contributed by atoms with E-state index in [9.17, 15) is 0 Å². The van der Waals surface area contributed by atoms with E-state index >= 15 is 0 Å². The van der Waals surface area contributed by atoms with Crippen LogP contribution in [0.3, 0.4) is 0 Å². The molecule has 2 N–H and O–H groups in total. The molecule has 1 fully saturated rings. The molecule has 1 aromatic rings. The van der Waals surface area contributed by atoms with Crippen molar-refractivity contribution in [1.29, 1.82) is 0 Å². The molecule has 0 heterocycles. The van der Waals surface area contributed by atoms with Crippen LogP contribution >= 0.6 is 0 Å². The van der Waals surface area contributed by atoms with Gasteiger partial charge < -0.3 is 20.1 Å². The summed E-state index contributed by atoms with van der Waals surface area (Å²) in [5.41, 5.74) is 1.14. The molecule has 140 valence electrons. The van der Waals surface area contributed by atoms with Crippen molar-refractivity contribution in [2.75, 3.05) is 26.3 Å². The Hall–Kier alpha value is -1.75. The number of hydrogen-bond donors (Lipinski definition) is 2. The van der Waals surface area contributed by atoms with E-state index in [2.05, 4.69) is 29.7 Å². The lowest BCUT2D eigenvalue weighted by Gasteiger charge is -2.27. The van der Waals surface area contributed by atoms with Crippen LogP contribution in [-0.4, -0.2) is 38.4 Å². The van der Waals surface area contributed by atoms with Gasteiger partial charge in [0.05, 0.1) is 12.6 Å². The van der Waals surface area contributed by atoms with Gasteiger partial charge in [-0.25, -0.2) is 4.99 Å². The molecule has 0 bridgehead atoms. The second-order valence-corrected chi connectivity index (χ2v) is 6.30. The number of para-hydroxylation sites is 1. The maximum absolute atomic E-state index is 6.09. The zero-order valence-corrected chi connectivity index (χ0v) is 15.7. The van der Waals surface area contributed by atoms with Gasteiger partial charge in [0.25, 0.3) is 0 Å². The highest BCUT2D eigenvalue weighted by Gasteiger charge is 2.20. The van der Waals surface area contributed by atoms with E-state index in [0.717, 1.165) is 56.4 Å². The van der Waals surface area contributed by atoms with Crippen molar-refractivity contribution in [2.24, 2.45) is 4.99 Å². The Kier molecular flexibility index (Phi) is 9.19. The summed E-state index contributed by atoms with van der Waals surface area (Å²) in [5, 5.41) is 6.70. The lowest BCUT2D eigenvalue weighted by atomic mass is 9.96. The SMILES string of the molecule is CCNC(=NCc1ccccc1OC1CCC1)NCCCCOCC. The van der Waals surface area contributed by atoms with Crippen LogP contribution in [0.2, 0.25) is 0 Å². The maximum Gasteiger partial charge on any atom is 0.191 e. The summed E-state index contributed by atoms with van der Waals surface area (Å²) < 4.78 is 11.5. The van der Waals surface area contributed by atoms with Crippen LogP contribution < -0.4 is 15.4 Å². The average molecular weight is 348 g/mol. The summed E-state index contributed by atoms with van der Waals surface area (Å²) >= 11 is 0. The molecule has 1 saturated carbocycles. The van der Waals surface area contributed by atoms with Gasteiger partial charge in [0, 0.05) is 31.9 Å². The molecule has 1 aliphatic rings. The van der Waals surface area contributed by atoms with Gasteiger partial charge in [0.1, 0.15) is 5.75 Å². The van der Waals surface area contributed by atoms with Crippen molar-refractivity contribution >= 4 is 5.96 Å². The number of aliphatic imine (C=N–C) groups is 1. The Bertz CT molecular complexity index is 515. The van der Waals surface area contributed by atoms with E-state index < -0.39 is 0 Å². The molecule has 0 saturated heterocycles. The molecule has 0 unspecified atom stereocenters. The largest absolute Gasteiger partial charge is 0.490 e. The highest BCUT2D eigenvalue weighted by Crippen LogP contribution is 2.27. The van der Waals surface area contributed by atoms with Gasteiger partial charge in [-0.3, -0.25) is 0 Å². The lowest BCUT2D eigenvalue weighted by molar-refractivity contribution is 0.119. The zero-order chi connectivity index (χ0) is 17.7. The molecule has 2 rings (SSSR count). The van der Waals surface area contributed by atoms with E-state index in [-0.39, 0.29) is 0 Å². The van der Waals surface area contributed by atoms with Gasteiger partial charge in [0.2, 0.25) is 0 Å². The fourth-order valence-corrected chi connectivity index (χ4v) is 2.60. The highest BCUT2D eigenvalue weighted by molar-refractivity contribution is 5.79. The third-order valence-electron chi connectivity index (χ3n) is 4.28. The number of ether oxygens (including phenoxy) is 2. The first-order valence-corrected chi connectivity index (χ1v) is 9.68. The normalized spacial score (nSPS) is 14.9. The van der Waals surface area contributed by atoms with E-state index in [1.165, 1.54) is 19.3 Å². The highest BCUT2D eigenvalue weighted by atomic mass is 16.5. The minimum Gasteiger partial charge on any atom is -0.490 e. The van der Waals surface area contributed by atoms with Crippen molar-refractivity contribution < 1.29 is 9.47 Å². The minimum atomic E-state index is 0.391. The summed E-state index contributed by atoms with van der Waals surface area (Å²) in [4.78, 5) is 4.71. The maximum atomic E-state index is 6.09. The molecule has 0 amide bonds. The van der Waals surface area contributed by atoms with E-state index in [4.69, 9.17) is 14.5 Å². The Balaban J connectivity index is 1.83. The number of guanidine groups is 1. The van der Waals surface area contributed by atoms with Gasteiger partial charge in [-0.2, -0.15) is 0 Å². The first-order chi connectivity index (χ1) is 12.3. The fraction of sp³-hybridized carbons (Fsp3) is 0.650. The number of benzene rings is 1. The van der Waals surface area contributed by atoms with Gasteiger partial charge in [-0.1, -0.05) is 18.2 Å². The monoisotopic (exact) mass is 347 g/mol. The topological polar surface area (TPSA) is 54.9 Å². The molecule has 5 heteroatoms. The zero-order valence-electron chi connectivity index (χ0n) is 15.7. The molecule has 1 aromatic carbocycles. The molecule has 0 aromatic heterocycles. The van der Waals surface area contributed by atoms with Crippen molar-refractivity contribution in [3.05, 3.63) is 29.8 Å². The predicted molar refractivity (Wildman–Crippen MR) is 103 cm³/mol. The molecule has 5 nitrogen and oxygen atoms in total. The van der Waals surface area contributed by atoms with E-state index in [0.29, 0.717) is 12.6 Å². The summed E-state index contributed by atoms with van der Waals surface area (Å²) in [7, 11) is 0. The molecule has 1 aliphatic carbocycles. The molecular formula is C20H33N3O2. The molecule has 25 heavy (non-hydrogen) atoms. The molecule has 0 aliphatic heterocycles. The second kappa shape index (κ2) is 11.7. The van der Waals surface area contributed by atoms with Crippen molar-refractivity contribution in [3.63, 3.8) is 0 Å². The first kappa shape index (κ1) is 19.6. The number of unbranched alkanes of at least 4 members (excludes halogenated alkanes) is 1. The second-order valence-electron chi connectivity index (χ2n) is 6.30. The Morgan fingerprint density at radius 3 is 2.72 bits per heavy atom. The van der Waals surface area contributed by atoms with Crippen LogP contribution in [0, 0.1) is 0 Å². The number of nitrogens with one attached hydrogen (secondary N) is 2. The Morgan fingerprint density at radius 1 is 1.16 bits per heavy atom. The van der Waals surface area contributed by atoms with E-state index in [1.54, 1.807) is 0 Å². The van der Waals surface area contributed by atoms with Crippen molar-refractivity contribution in [2.45, 2.75) is 58.6 Å². The Morgan fingerprint density at radius 2 is 2.00 bits per heavy atom. The standard InChI is InChI=1S/C20H33N3O2/c1-3-21-20(22-14-7-8-15-24-4-2)23-16-17-10-5-6-13-19(17)25-18-11-9-12-18/h5-6,10,13,18H,3-4,7-9,11-12,14-16H2,1-2H3,(H2,21,22,23). The fourth-order valence-electron chi connectivity index (χ4n) is 2.60. The number of rotatable bonds is 11. The summed E-state index contributed by atoms with van der Waals surface area (Å²) in [6.45, 7) is 8.11. The van der Waals surface area contributed by atoms with Gasteiger partial charge in [0.15, 0.2) is 5.96 Å². The van der Waals surface area contributed by atoms with Crippen LogP contribution in [0.4, 0.5) is 0 Å². The summed E-state index contributed by atoms with van der Waals surface area (Å²) in [6, 6.07) is 8.23. The quantitative estimate of drug-likeness (QED) is 0.365. The lowest BCUT2D eigenvalue weighted by Crippen LogP contribution is -2.37.